The van der Waals surface area contributed by atoms with Crippen LogP contribution in [0, 0.1) is 13.8 Å². The topological polar surface area (TPSA) is 12.0 Å². The first-order valence-corrected chi connectivity index (χ1v) is 7.95. The molecular weight excluding hydrogens is 334 g/mol. The second kappa shape index (κ2) is 6.75. The van der Waals surface area contributed by atoms with Crippen molar-refractivity contribution < 1.29 is 0 Å². The van der Waals surface area contributed by atoms with E-state index in [0.717, 1.165) is 21.6 Å². The van der Waals surface area contributed by atoms with Crippen molar-refractivity contribution in [3.05, 3.63) is 68.1 Å². The van der Waals surface area contributed by atoms with E-state index in [1.807, 2.05) is 12.1 Å². The lowest BCUT2D eigenvalue weighted by Crippen LogP contribution is -2.23. The molecule has 1 N–H and O–H groups in total. The maximum Gasteiger partial charge on any atom is 0.0594 e. The highest BCUT2D eigenvalue weighted by Crippen LogP contribution is 2.32. The van der Waals surface area contributed by atoms with Gasteiger partial charge in [0.15, 0.2) is 0 Å². The number of benzene rings is 2. The molecule has 1 unspecified atom stereocenters. The van der Waals surface area contributed by atoms with Gasteiger partial charge in [0.05, 0.1) is 6.04 Å². The summed E-state index contributed by atoms with van der Waals surface area (Å²) < 4.78 is 1.00. The number of aryl methyl sites for hydroxylation is 2. The molecule has 0 bridgehead atoms. The molecule has 0 saturated heterocycles. The molecular formula is C17H19BrClN. The fraction of sp³-hybridized carbons (Fsp3) is 0.294. The third-order valence-electron chi connectivity index (χ3n) is 3.42. The van der Waals surface area contributed by atoms with Gasteiger partial charge in [-0.1, -0.05) is 64.3 Å². The minimum absolute atomic E-state index is 0.126. The molecule has 3 heteroatoms. The highest BCUT2D eigenvalue weighted by molar-refractivity contribution is 9.10. The molecule has 0 aromatic heterocycles. The SMILES string of the molecule is CCNC(c1ccc(C)cc1C)c1ccc(Br)cc1Cl. The minimum atomic E-state index is 0.126. The van der Waals surface area contributed by atoms with E-state index in [1.165, 1.54) is 16.7 Å². The van der Waals surface area contributed by atoms with Crippen LogP contribution in [0.3, 0.4) is 0 Å². The van der Waals surface area contributed by atoms with Gasteiger partial charge in [0.25, 0.3) is 0 Å². The zero-order valence-corrected chi connectivity index (χ0v) is 14.3. The molecule has 0 amide bonds. The average Bonchev–Trinajstić information content (AvgIpc) is 2.37. The Morgan fingerprint density at radius 2 is 1.80 bits per heavy atom. The Morgan fingerprint density at radius 1 is 1.10 bits per heavy atom. The summed E-state index contributed by atoms with van der Waals surface area (Å²) in [6.45, 7) is 7.28. The van der Waals surface area contributed by atoms with Crippen LogP contribution in [-0.4, -0.2) is 6.54 Å². The molecule has 0 aliphatic rings. The zero-order valence-electron chi connectivity index (χ0n) is 12.0. The average molecular weight is 353 g/mol. The van der Waals surface area contributed by atoms with Crippen molar-refractivity contribution in [3.8, 4) is 0 Å². The lowest BCUT2D eigenvalue weighted by Gasteiger charge is -2.22. The number of nitrogens with one attached hydrogen (secondary N) is 1. The molecule has 106 valence electrons. The predicted octanol–water partition coefficient (Wildman–Crippen LogP) is 5.42. The van der Waals surface area contributed by atoms with E-state index in [-0.39, 0.29) is 6.04 Å². The Morgan fingerprint density at radius 3 is 2.40 bits per heavy atom. The van der Waals surface area contributed by atoms with Crippen LogP contribution in [0.15, 0.2) is 40.9 Å². The van der Waals surface area contributed by atoms with Crippen LogP contribution in [0.1, 0.15) is 35.2 Å². The fourth-order valence-corrected chi connectivity index (χ4v) is 3.26. The predicted molar refractivity (Wildman–Crippen MR) is 90.6 cm³/mol. The molecule has 0 spiro atoms. The van der Waals surface area contributed by atoms with Crippen molar-refractivity contribution in [2.24, 2.45) is 0 Å². The quantitative estimate of drug-likeness (QED) is 0.775. The lowest BCUT2D eigenvalue weighted by molar-refractivity contribution is 0.627. The van der Waals surface area contributed by atoms with E-state index in [9.17, 15) is 0 Å². The van der Waals surface area contributed by atoms with Crippen LogP contribution < -0.4 is 5.32 Å². The van der Waals surface area contributed by atoms with Crippen LogP contribution in [0.2, 0.25) is 5.02 Å². The second-order valence-corrected chi connectivity index (χ2v) is 6.34. The van der Waals surface area contributed by atoms with Gasteiger partial charge < -0.3 is 5.32 Å². The van der Waals surface area contributed by atoms with Gasteiger partial charge in [-0.05, 0) is 49.2 Å². The summed E-state index contributed by atoms with van der Waals surface area (Å²) >= 11 is 9.88. The van der Waals surface area contributed by atoms with Crippen molar-refractivity contribution in [1.29, 1.82) is 0 Å². The van der Waals surface area contributed by atoms with E-state index in [1.54, 1.807) is 0 Å². The Kier molecular flexibility index (Phi) is 5.25. The molecule has 0 fully saturated rings. The highest BCUT2D eigenvalue weighted by atomic mass is 79.9. The zero-order chi connectivity index (χ0) is 14.7. The fourth-order valence-electron chi connectivity index (χ4n) is 2.48. The van der Waals surface area contributed by atoms with Gasteiger partial charge in [0.1, 0.15) is 0 Å². The van der Waals surface area contributed by atoms with E-state index >= 15 is 0 Å². The largest absolute Gasteiger partial charge is 0.306 e. The first kappa shape index (κ1) is 15.6. The molecule has 0 radical (unpaired) electrons. The van der Waals surface area contributed by atoms with Crippen molar-refractivity contribution in [2.45, 2.75) is 26.8 Å². The van der Waals surface area contributed by atoms with Gasteiger partial charge in [-0.15, -0.1) is 0 Å². The van der Waals surface area contributed by atoms with Gasteiger partial charge >= 0.3 is 0 Å². The van der Waals surface area contributed by atoms with Crippen LogP contribution in [-0.2, 0) is 0 Å². The first-order chi connectivity index (χ1) is 9.52. The van der Waals surface area contributed by atoms with E-state index in [2.05, 4.69) is 66.3 Å². The van der Waals surface area contributed by atoms with Gasteiger partial charge in [0, 0.05) is 9.50 Å². The van der Waals surface area contributed by atoms with Crippen LogP contribution in [0.25, 0.3) is 0 Å². The Balaban J connectivity index is 2.50. The molecule has 1 nitrogen and oxygen atoms in total. The normalized spacial score (nSPS) is 12.4. The summed E-state index contributed by atoms with van der Waals surface area (Å²) in [5.41, 5.74) is 4.96. The highest BCUT2D eigenvalue weighted by Gasteiger charge is 2.18. The van der Waals surface area contributed by atoms with Crippen molar-refractivity contribution >= 4 is 27.5 Å². The maximum atomic E-state index is 6.42. The molecule has 2 rings (SSSR count). The number of rotatable bonds is 4. The smallest absolute Gasteiger partial charge is 0.0594 e. The maximum absolute atomic E-state index is 6.42. The second-order valence-electron chi connectivity index (χ2n) is 5.02. The molecule has 20 heavy (non-hydrogen) atoms. The number of halogens is 2. The minimum Gasteiger partial charge on any atom is -0.306 e. The van der Waals surface area contributed by atoms with E-state index in [4.69, 9.17) is 11.6 Å². The molecule has 2 aromatic rings. The summed E-state index contributed by atoms with van der Waals surface area (Å²) in [4.78, 5) is 0. The van der Waals surface area contributed by atoms with E-state index < -0.39 is 0 Å². The summed E-state index contributed by atoms with van der Waals surface area (Å²) in [5, 5.41) is 4.32. The molecule has 0 aliphatic heterocycles. The summed E-state index contributed by atoms with van der Waals surface area (Å²) in [5.74, 6) is 0. The van der Waals surface area contributed by atoms with Crippen LogP contribution in [0.4, 0.5) is 0 Å². The van der Waals surface area contributed by atoms with E-state index in [0.29, 0.717) is 0 Å². The van der Waals surface area contributed by atoms with Gasteiger partial charge in [-0.2, -0.15) is 0 Å². The molecule has 2 aromatic carbocycles. The number of hydrogen-bond donors (Lipinski definition) is 1. The van der Waals surface area contributed by atoms with Crippen molar-refractivity contribution in [3.63, 3.8) is 0 Å². The summed E-state index contributed by atoms with van der Waals surface area (Å²) in [7, 11) is 0. The van der Waals surface area contributed by atoms with Crippen LogP contribution >= 0.6 is 27.5 Å². The molecule has 0 saturated carbocycles. The third kappa shape index (κ3) is 3.43. The molecule has 0 aliphatic carbocycles. The first-order valence-electron chi connectivity index (χ1n) is 6.78. The number of hydrogen-bond acceptors (Lipinski definition) is 1. The van der Waals surface area contributed by atoms with Crippen LogP contribution in [0.5, 0.6) is 0 Å². The Hall–Kier alpha value is -0.830. The van der Waals surface area contributed by atoms with Gasteiger partial charge in [-0.25, -0.2) is 0 Å². The molecule has 0 heterocycles. The monoisotopic (exact) mass is 351 g/mol. The Labute approximate surface area is 134 Å². The summed E-state index contributed by atoms with van der Waals surface area (Å²) in [6, 6.07) is 12.8. The van der Waals surface area contributed by atoms with Crippen molar-refractivity contribution in [2.75, 3.05) is 6.54 Å². The Bertz CT molecular complexity index is 558. The standard InChI is InChI=1S/C17H19BrClN/c1-4-20-17(14-7-5-11(2)9-12(14)3)15-8-6-13(18)10-16(15)19/h5-10,17,20H,4H2,1-3H3. The van der Waals surface area contributed by atoms with Gasteiger partial charge in [-0.3, -0.25) is 0 Å². The molecule has 1 atom stereocenters. The third-order valence-corrected chi connectivity index (χ3v) is 4.24. The lowest BCUT2D eigenvalue weighted by atomic mass is 9.94. The summed E-state index contributed by atoms with van der Waals surface area (Å²) in [6.07, 6.45) is 0. The van der Waals surface area contributed by atoms with Gasteiger partial charge in [0.2, 0.25) is 0 Å². The van der Waals surface area contributed by atoms with Crippen molar-refractivity contribution in [1.82, 2.24) is 5.32 Å².